The maximum absolute atomic E-state index is 13.3. The van der Waals surface area contributed by atoms with Crippen LogP contribution in [0.2, 0.25) is 0 Å². The van der Waals surface area contributed by atoms with Crippen molar-refractivity contribution in [2.75, 3.05) is 11.5 Å². The first-order valence-corrected chi connectivity index (χ1v) is 11.5. The summed E-state index contributed by atoms with van der Waals surface area (Å²) in [6.45, 7) is 6.12. The first kappa shape index (κ1) is 24.0. The fraction of sp³-hybridized carbons (Fsp3) is 0.207. The van der Waals surface area contributed by atoms with Crippen molar-refractivity contribution in [3.8, 4) is 0 Å². The van der Waals surface area contributed by atoms with Crippen molar-refractivity contribution in [2.24, 2.45) is 0 Å². The Kier molecular flexibility index (Phi) is 6.82. The molecule has 0 spiro atoms. The van der Waals surface area contributed by atoms with E-state index in [0.717, 1.165) is 11.1 Å². The predicted octanol–water partition coefficient (Wildman–Crippen LogP) is 5.50. The van der Waals surface area contributed by atoms with Crippen LogP contribution in [-0.4, -0.2) is 29.4 Å². The molecule has 0 aromatic heterocycles. The van der Waals surface area contributed by atoms with Gasteiger partial charge < -0.3 is 9.84 Å². The lowest BCUT2D eigenvalue weighted by molar-refractivity contribution is -0.132. The number of ether oxygens (including phenoxy) is 1. The van der Waals surface area contributed by atoms with Gasteiger partial charge in [-0.05, 0) is 67.3 Å². The second-order valence-electron chi connectivity index (χ2n) is 8.56. The molecular weight excluding hydrogens is 442 g/mol. The van der Waals surface area contributed by atoms with E-state index in [1.807, 2.05) is 57.2 Å². The molecule has 0 aliphatic carbocycles. The average molecular weight is 470 g/mol. The smallest absolute Gasteiger partial charge is 0.338 e. The summed E-state index contributed by atoms with van der Waals surface area (Å²) in [7, 11) is 0. The van der Waals surface area contributed by atoms with E-state index in [0.29, 0.717) is 35.4 Å². The van der Waals surface area contributed by atoms with Gasteiger partial charge in [-0.3, -0.25) is 14.5 Å². The van der Waals surface area contributed by atoms with Gasteiger partial charge in [-0.15, -0.1) is 0 Å². The Labute approximate surface area is 204 Å². The van der Waals surface area contributed by atoms with E-state index in [-0.39, 0.29) is 11.3 Å². The van der Waals surface area contributed by atoms with Crippen molar-refractivity contribution < 1.29 is 24.2 Å². The van der Waals surface area contributed by atoms with Gasteiger partial charge in [0.2, 0.25) is 0 Å². The largest absolute Gasteiger partial charge is 0.507 e. The molecule has 1 unspecified atom stereocenters. The van der Waals surface area contributed by atoms with Crippen LogP contribution >= 0.6 is 0 Å². The highest BCUT2D eigenvalue weighted by atomic mass is 16.5. The summed E-state index contributed by atoms with van der Waals surface area (Å²) >= 11 is 0. The third-order valence-corrected chi connectivity index (χ3v) is 6.16. The van der Waals surface area contributed by atoms with Crippen LogP contribution in [0.3, 0.4) is 0 Å². The van der Waals surface area contributed by atoms with E-state index in [2.05, 4.69) is 0 Å². The number of benzene rings is 3. The SMILES string of the molecule is CCCOC(=O)c1ccc(N2C(=O)C(=O)/C(=C(\O)c3ccc(C)c(C)c3)C2c2ccccc2)cc1. The minimum Gasteiger partial charge on any atom is -0.507 e. The number of carbonyl (C=O) groups is 3. The topological polar surface area (TPSA) is 83.9 Å². The van der Waals surface area contributed by atoms with E-state index < -0.39 is 23.7 Å². The Morgan fingerprint density at radius 3 is 2.20 bits per heavy atom. The molecule has 0 saturated carbocycles. The number of carbonyl (C=O) groups excluding carboxylic acids is 3. The van der Waals surface area contributed by atoms with E-state index in [4.69, 9.17) is 4.74 Å². The fourth-order valence-electron chi connectivity index (χ4n) is 4.13. The quantitative estimate of drug-likeness (QED) is 0.223. The molecule has 0 radical (unpaired) electrons. The molecule has 3 aromatic rings. The highest BCUT2D eigenvalue weighted by molar-refractivity contribution is 6.51. The third-order valence-electron chi connectivity index (χ3n) is 6.16. The number of anilines is 1. The Morgan fingerprint density at radius 1 is 0.914 bits per heavy atom. The highest BCUT2D eigenvalue weighted by Crippen LogP contribution is 2.42. The zero-order chi connectivity index (χ0) is 25.1. The van der Waals surface area contributed by atoms with Crippen molar-refractivity contribution in [1.29, 1.82) is 0 Å². The molecule has 1 amide bonds. The van der Waals surface area contributed by atoms with Crippen LogP contribution in [0.4, 0.5) is 5.69 Å². The molecule has 178 valence electrons. The molecule has 6 heteroatoms. The van der Waals surface area contributed by atoms with Crippen LogP contribution in [0, 0.1) is 13.8 Å². The van der Waals surface area contributed by atoms with Crippen molar-refractivity contribution >= 4 is 29.1 Å². The van der Waals surface area contributed by atoms with Gasteiger partial charge in [0.1, 0.15) is 5.76 Å². The standard InChI is InChI=1S/C29H27NO5/c1-4-16-35-29(34)21-12-14-23(15-13-21)30-25(20-8-6-5-7-9-20)24(27(32)28(30)33)26(31)22-11-10-18(2)19(3)17-22/h5-15,17,25,31H,4,16H2,1-3H3/b26-24-. The van der Waals surface area contributed by atoms with E-state index in [9.17, 15) is 19.5 Å². The fourth-order valence-corrected chi connectivity index (χ4v) is 4.13. The Bertz CT molecular complexity index is 1310. The van der Waals surface area contributed by atoms with Gasteiger partial charge in [-0.25, -0.2) is 4.79 Å². The van der Waals surface area contributed by atoms with Gasteiger partial charge in [0.15, 0.2) is 0 Å². The number of ketones is 1. The molecule has 1 N–H and O–H groups in total. The number of hydrogen-bond donors (Lipinski definition) is 1. The number of aliphatic hydroxyl groups excluding tert-OH is 1. The summed E-state index contributed by atoms with van der Waals surface area (Å²) < 4.78 is 5.17. The van der Waals surface area contributed by atoms with E-state index >= 15 is 0 Å². The Balaban J connectivity index is 1.82. The van der Waals surface area contributed by atoms with Gasteiger partial charge >= 0.3 is 5.97 Å². The zero-order valence-electron chi connectivity index (χ0n) is 19.9. The van der Waals surface area contributed by atoms with Gasteiger partial charge in [0, 0.05) is 11.3 Å². The van der Waals surface area contributed by atoms with Gasteiger partial charge in [-0.2, -0.15) is 0 Å². The second kappa shape index (κ2) is 9.97. The number of esters is 1. The van der Waals surface area contributed by atoms with Crippen molar-refractivity contribution in [3.05, 3.63) is 106 Å². The average Bonchev–Trinajstić information content (AvgIpc) is 3.14. The lowest BCUT2D eigenvalue weighted by Crippen LogP contribution is -2.29. The summed E-state index contributed by atoms with van der Waals surface area (Å²) in [6, 6.07) is 20.0. The summed E-state index contributed by atoms with van der Waals surface area (Å²) in [5, 5.41) is 11.2. The molecule has 1 heterocycles. The second-order valence-corrected chi connectivity index (χ2v) is 8.56. The Morgan fingerprint density at radius 2 is 1.57 bits per heavy atom. The lowest BCUT2D eigenvalue weighted by Gasteiger charge is -2.25. The molecule has 4 rings (SSSR count). The van der Waals surface area contributed by atoms with Gasteiger partial charge in [-0.1, -0.05) is 49.4 Å². The first-order valence-electron chi connectivity index (χ1n) is 11.5. The molecule has 0 bridgehead atoms. The highest BCUT2D eigenvalue weighted by Gasteiger charge is 2.46. The zero-order valence-corrected chi connectivity index (χ0v) is 19.9. The summed E-state index contributed by atoms with van der Waals surface area (Å²) in [6.07, 6.45) is 0.714. The molecular formula is C29H27NO5. The monoisotopic (exact) mass is 469 g/mol. The number of nitrogens with zero attached hydrogens (tertiary/aromatic N) is 1. The van der Waals surface area contributed by atoms with Crippen LogP contribution < -0.4 is 4.90 Å². The Hall–Kier alpha value is -4.19. The third kappa shape index (κ3) is 4.60. The van der Waals surface area contributed by atoms with Crippen molar-refractivity contribution in [2.45, 2.75) is 33.2 Å². The van der Waals surface area contributed by atoms with Crippen molar-refractivity contribution in [1.82, 2.24) is 0 Å². The summed E-state index contributed by atoms with van der Waals surface area (Å²) in [5.41, 5.74) is 3.99. The minimum absolute atomic E-state index is 0.0240. The number of hydrogen-bond acceptors (Lipinski definition) is 5. The molecule has 1 fully saturated rings. The number of aliphatic hydroxyl groups is 1. The molecule has 1 aliphatic rings. The number of Topliss-reactive ketones (excluding diaryl/α,β-unsaturated/α-hetero) is 1. The normalized spacial score (nSPS) is 17.0. The van der Waals surface area contributed by atoms with Gasteiger partial charge in [0.05, 0.1) is 23.8 Å². The van der Waals surface area contributed by atoms with E-state index in [1.165, 1.54) is 4.90 Å². The van der Waals surface area contributed by atoms with Crippen LogP contribution in [0.15, 0.2) is 78.4 Å². The predicted molar refractivity (Wildman–Crippen MR) is 134 cm³/mol. The molecule has 35 heavy (non-hydrogen) atoms. The van der Waals surface area contributed by atoms with Gasteiger partial charge in [0.25, 0.3) is 11.7 Å². The van der Waals surface area contributed by atoms with Crippen LogP contribution in [0.5, 0.6) is 0 Å². The molecule has 1 atom stereocenters. The molecule has 6 nitrogen and oxygen atoms in total. The van der Waals surface area contributed by atoms with E-state index in [1.54, 1.807) is 36.4 Å². The van der Waals surface area contributed by atoms with Crippen LogP contribution in [-0.2, 0) is 14.3 Å². The lowest BCUT2D eigenvalue weighted by atomic mass is 9.94. The number of aryl methyl sites for hydroxylation is 2. The minimum atomic E-state index is -0.823. The van der Waals surface area contributed by atoms with Crippen LogP contribution in [0.25, 0.3) is 5.76 Å². The molecule has 3 aromatic carbocycles. The first-order chi connectivity index (χ1) is 16.8. The maximum Gasteiger partial charge on any atom is 0.338 e. The van der Waals surface area contributed by atoms with Crippen LogP contribution in [0.1, 0.15) is 52.0 Å². The number of rotatable bonds is 6. The molecule has 1 saturated heterocycles. The number of amides is 1. The summed E-state index contributed by atoms with van der Waals surface area (Å²) in [5.74, 6) is -2.18. The summed E-state index contributed by atoms with van der Waals surface area (Å²) in [4.78, 5) is 40.1. The van der Waals surface area contributed by atoms with Crippen molar-refractivity contribution in [3.63, 3.8) is 0 Å². The maximum atomic E-state index is 13.3. The molecule has 1 aliphatic heterocycles.